The molecule has 1 aliphatic carbocycles. The van der Waals surface area contributed by atoms with E-state index in [1.54, 1.807) is 0 Å². The van der Waals surface area contributed by atoms with Crippen LogP contribution >= 0.6 is 11.8 Å². The van der Waals surface area contributed by atoms with Gasteiger partial charge in [-0.1, -0.05) is 44.9 Å². The summed E-state index contributed by atoms with van der Waals surface area (Å²) in [6.07, 6.45) is 8.12. The van der Waals surface area contributed by atoms with Crippen LogP contribution in [0.1, 0.15) is 52.4 Å². The molecule has 0 atom stereocenters. The average Bonchev–Trinajstić information content (AvgIpc) is 2.62. The van der Waals surface area contributed by atoms with Crippen LogP contribution in [0.3, 0.4) is 0 Å². The van der Waals surface area contributed by atoms with Crippen molar-refractivity contribution in [2.75, 3.05) is 12.3 Å². The van der Waals surface area contributed by atoms with Crippen LogP contribution in [0.15, 0.2) is 4.99 Å². The van der Waals surface area contributed by atoms with Gasteiger partial charge in [-0.25, -0.2) is 0 Å². The molecule has 1 saturated carbocycles. The molecule has 1 heterocycles. The Hall–Kier alpha value is -0.180. The Balaban J connectivity index is 1.82. The Morgan fingerprint density at radius 3 is 2.75 bits per heavy atom. The average molecular weight is 240 g/mol. The lowest BCUT2D eigenvalue weighted by molar-refractivity contribution is 0.303. The van der Waals surface area contributed by atoms with E-state index < -0.39 is 0 Å². The van der Waals surface area contributed by atoms with Crippen LogP contribution in [0, 0.1) is 5.92 Å². The first-order valence-electron chi connectivity index (χ1n) is 6.66. The fourth-order valence-electron chi connectivity index (χ4n) is 2.51. The van der Waals surface area contributed by atoms with E-state index in [9.17, 15) is 0 Å². The molecular formula is C13H24N2S. The van der Waals surface area contributed by atoms with Crippen molar-refractivity contribution in [3.05, 3.63) is 0 Å². The van der Waals surface area contributed by atoms with Gasteiger partial charge in [-0.05, 0) is 25.2 Å². The molecule has 0 radical (unpaired) electrons. The summed E-state index contributed by atoms with van der Waals surface area (Å²) < 4.78 is 0. The quantitative estimate of drug-likeness (QED) is 0.817. The Morgan fingerprint density at radius 1 is 1.31 bits per heavy atom. The van der Waals surface area contributed by atoms with Gasteiger partial charge in [0.05, 0.1) is 0 Å². The summed E-state index contributed by atoms with van der Waals surface area (Å²) in [6, 6.07) is 0. The van der Waals surface area contributed by atoms with E-state index in [0.29, 0.717) is 5.54 Å². The van der Waals surface area contributed by atoms with Gasteiger partial charge in [-0.15, -0.1) is 0 Å². The smallest absolute Gasteiger partial charge is 0.157 e. The second-order valence-corrected chi connectivity index (χ2v) is 6.59. The zero-order valence-electron chi connectivity index (χ0n) is 10.6. The summed E-state index contributed by atoms with van der Waals surface area (Å²) in [5.41, 5.74) is 0.416. The van der Waals surface area contributed by atoms with Gasteiger partial charge >= 0.3 is 0 Å². The Labute approximate surface area is 104 Å². The monoisotopic (exact) mass is 240 g/mol. The van der Waals surface area contributed by atoms with Crippen molar-refractivity contribution in [3.63, 3.8) is 0 Å². The number of nitrogens with one attached hydrogen (secondary N) is 1. The standard InChI is InChI=1S/C13H24N2S/c1-11(2)6-9-14-12-15-13(10-16-12)7-4-3-5-8-13/h11H,3-10H2,1-2H3,(H,14,15). The predicted octanol–water partition coefficient (Wildman–Crippen LogP) is 3.43. The zero-order valence-corrected chi connectivity index (χ0v) is 11.4. The van der Waals surface area contributed by atoms with Gasteiger partial charge in [0.25, 0.3) is 0 Å². The summed E-state index contributed by atoms with van der Waals surface area (Å²) in [6.45, 7) is 5.51. The first-order valence-corrected chi connectivity index (χ1v) is 7.64. The predicted molar refractivity (Wildman–Crippen MR) is 73.2 cm³/mol. The highest BCUT2D eigenvalue weighted by molar-refractivity contribution is 8.14. The van der Waals surface area contributed by atoms with Crippen molar-refractivity contribution in [1.82, 2.24) is 5.32 Å². The molecule has 0 aromatic carbocycles. The minimum Gasteiger partial charge on any atom is -0.359 e. The first-order chi connectivity index (χ1) is 7.70. The summed E-state index contributed by atoms with van der Waals surface area (Å²) in [5, 5.41) is 4.90. The van der Waals surface area contributed by atoms with E-state index in [0.717, 1.165) is 12.5 Å². The molecule has 0 aromatic rings. The fourth-order valence-corrected chi connectivity index (χ4v) is 3.76. The van der Waals surface area contributed by atoms with Crippen LogP contribution < -0.4 is 5.32 Å². The number of hydrogen-bond acceptors (Lipinski definition) is 2. The second-order valence-electron chi connectivity index (χ2n) is 5.62. The lowest BCUT2D eigenvalue weighted by Gasteiger charge is -2.32. The normalized spacial score (nSPS) is 26.6. The van der Waals surface area contributed by atoms with Crippen molar-refractivity contribution >= 4 is 16.9 Å². The van der Waals surface area contributed by atoms with Gasteiger partial charge in [0.2, 0.25) is 0 Å². The molecule has 0 bridgehead atoms. The molecule has 2 fully saturated rings. The van der Waals surface area contributed by atoms with E-state index in [1.165, 1.54) is 49.4 Å². The highest BCUT2D eigenvalue weighted by Gasteiger charge is 2.37. The Kier molecular flexibility index (Phi) is 4.17. The molecule has 1 N–H and O–H groups in total. The molecule has 2 rings (SSSR count). The van der Waals surface area contributed by atoms with Crippen LogP contribution in [0.4, 0.5) is 0 Å². The SMILES string of the molecule is CC(C)CCN=C1NC2(CCCCC2)CS1. The topological polar surface area (TPSA) is 24.4 Å². The van der Waals surface area contributed by atoms with E-state index >= 15 is 0 Å². The highest BCUT2D eigenvalue weighted by atomic mass is 32.2. The van der Waals surface area contributed by atoms with E-state index in [2.05, 4.69) is 24.2 Å². The number of thioether (sulfide) groups is 1. The van der Waals surface area contributed by atoms with Gasteiger partial charge in [-0.3, -0.25) is 4.99 Å². The molecule has 16 heavy (non-hydrogen) atoms. The summed E-state index contributed by atoms with van der Waals surface area (Å²) in [7, 11) is 0. The molecule has 1 saturated heterocycles. The van der Waals surface area contributed by atoms with Crippen LogP contribution in [-0.2, 0) is 0 Å². The Morgan fingerprint density at radius 2 is 2.06 bits per heavy atom. The minimum atomic E-state index is 0.416. The Bertz CT molecular complexity index is 255. The van der Waals surface area contributed by atoms with Crippen LogP contribution in [-0.4, -0.2) is 23.0 Å². The number of rotatable bonds is 3. The van der Waals surface area contributed by atoms with Crippen LogP contribution in [0.5, 0.6) is 0 Å². The van der Waals surface area contributed by atoms with Gasteiger partial charge < -0.3 is 5.32 Å². The van der Waals surface area contributed by atoms with Crippen LogP contribution in [0.2, 0.25) is 0 Å². The van der Waals surface area contributed by atoms with Gasteiger partial charge in [-0.2, -0.15) is 0 Å². The van der Waals surface area contributed by atoms with E-state index in [4.69, 9.17) is 0 Å². The number of nitrogens with zero attached hydrogens (tertiary/aromatic N) is 1. The van der Waals surface area contributed by atoms with Gasteiger partial charge in [0.15, 0.2) is 5.17 Å². The van der Waals surface area contributed by atoms with Crippen LogP contribution in [0.25, 0.3) is 0 Å². The van der Waals surface area contributed by atoms with Crippen molar-refractivity contribution in [2.45, 2.75) is 57.9 Å². The molecule has 2 nitrogen and oxygen atoms in total. The fraction of sp³-hybridized carbons (Fsp3) is 0.923. The lowest BCUT2D eigenvalue weighted by atomic mass is 9.83. The number of aliphatic imine (C=N–C) groups is 1. The largest absolute Gasteiger partial charge is 0.359 e. The van der Waals surface area contributed by atoms with Gasteiger partial charge in [0.1, 0.15) is 0 Å². The maximum absolute atomic E-state index is 4.68. The second kappa shape index (κ2) is 5.44. The molecule has 3 heteroatoms. The number of amidine groups is 1. The third kappa shape index (κ3) is 3.16. The molecular weight excluding hydrogens is 216 g/mol. The van der Waals surface area contributed by atoms with Crippen molar-refractivity contribution in [2.24, 2.45) is 10.9 Å². The maximum atomic E-state index is 4.68. The third-order valence-corrected chi connectivity index (χ3v) is 4.83. The third-order valence-electron chi connectivity index (χ3n) is 3.63. The maximum Gasteiger partial charge on any atom is 0.157 e. The van der Waals surface area contributed by atoms with Crippen molar-refractivity contribution in [1.29, 1.82) is 0 Å². The first kappa shape index (κ1) is 12.3. The van der Waals surface area contributed by atoms with Crippen molar-refractivity contribution in [3.8, 4) is 0 Å². The molecule has 1 spiro atoms. The molecule has 92 valence electrons. The molecule has 2 aliphatic rings. The van der Waals surface area contributed by atoms with E-state index in [1.807, 2.05) is 11.8 Å². The highest BCUT2D eigenvalue weighted by Crippen LogP contribution is 2.36. The van der Waals surface area contributed by atoms with Crippen molar-refractivity contribution < 1.29 is 0 Å². The molecule has 1 aliphatic heterocycles. The summed E-state index contributed by atoms with van der Waals surface area (Å²) >= 11 is 1.94. The van der Waals surface area contributed by atoms with E-state index in [-0.39, 0.29) is 0 Å². The summed E-state index contributed by atoms with van der Waals surface area (Å²) in [4.78, 5) is 4.68. The zero-order chi connectivity index (χ0) is 11.4. The molecule has 0 unspecified atom stereocenters. The molecule has 0 aromatic heterocycles. The summed E-state index contributed by atoms with van der Waals surface area (Å²) in [5.74, 6) is 2.01. The number of hydrogen-bond donors (Lipinski definition) is 1. The minimum absolute atomic E-state index is 0.416. The lowest BCUT2D eigenvalue weighted by Crippen LogP contribution is -2.45. The van der Waals surface area contributed by atoms with Gasteiger partial charge in [0, 0.05) is 17.8 Å². The molecule has 0 amide bonds.